The summed E-state index contributed by atoms with van der Waals surface area (Å²) in [6.07, 6.45) is 2.75. The van der Waals surface area contributed by atoms with Crippen LogP contribution in [0.5, 0.6) is 0 Å². The third-order valence-corrected chi connectivity index (χ3v) is 8.45. The second-order valence-corrected chi connectivity index (χ2v) is 12.9. The van der Waals surface area contributed by atoms with E-state index in [9.17, 15) is 4.79 Å². The molecule has 226 valence electrons. The van der Waals surface area contributed by atoms with Crippen molar-refractivity contribution in [3.05, 3.63) is 82.9 Å². The van der Waals surface area contributed by atoms with E-state index in [4.69, 9.17) is 19.4 Å². The van der Waals surface area contributed by atoms with Crippen molar-refractivity contribution >= 4 is 17.0 Å². The maximum atomic E-state index is 15.6. The summed E-state index contributed by atoms with van der Waals surface area (Å²) in [6.45, 7) is 10.5. The molecular formula is C34H40FN5O3. The summed E-state index contributed by atoms with van der Waals surface area (Å²) in [5.41, 5.74) is 4.39. The molecule has 1 aliphatic heterocycles. The largest absolute Gasteiger partial charge is 0.444 e. The molecule has 2 atom stereocenters. The lowest BCUT2D eigenvalue weighted by Gasteiger charge is -2.36. The molecule has 0 unspecified atom stereocenters. The van der Waals surface area contributed by atoms with Crippen molar-refractivity contribution in [3.8, 4) is 5.82 Å². The van der Waals surface area contributed by atoms with Gasteiger partial charge in [0.15, 0.2) is 5.82 Å². The maximum absolute atomic E-state index is 15.6. The highest BCUT2D eigenvalue weighted by Crippen LogP contribution is 2.39. The third kappa shape index (κ3) is 6.42. The summed E-state index contributed by atoms with van der Waals surface area (Å²) in [5, 5.41) is 5.65. The number of hydrogen-bond donors (Lipinski definition) is 0. The lowest BCUT2D eigenvalue weighted by Crippen LogP contribution is -2.46. The molecule has 43 heavy (non-hydrogen) atoms. The third-order valence-electron chi connectivity index (χ3n) is 8.45. The highest BCUT2D eigenvalue weighted by molar-refractivity contribution is 5.82. The molecule has 1 saturated carbocycles. The molecule has 0 N–H and O–H groups in total. The molecule has 9 heteroatoms. The van der Waals surface area contributed by atoms with E-state index in [1.807, 2.05) is 75.8 Å². The zero-order chi connectivity index (χ0) is 30.3. The number of aromatic nitrogens is 4. The standard InChI is InChI=1S/C34H40FN5O3/c1-21-13-25-18-36-40(31(25)16-28(21)27-11-12-39(19-29(27)35)33(41)43-34(3,4)5)32-17-30(37-22(2)38-32)24-14-26(15-24)42-20-23-9-7-6-8-10-23/h6-10,13,16-18,24,26-27,29H,11-12,14-15,19-20H2,1-5H3/t24?,26?,27-,29+/m1/s1. The number of nitrogens with zero attached hydrogens (tertiary/aromatic N) is 5. The summed E-state index contributed by atoms with van der Waals surface area (Å²) in [5.74, 6) is 1.38. The van der Waals surface area contributed by atoms with Gasteiger partial charge in [0.1, 0.15) is 17.6 Å². The number of piperidine rings is 1. The second-order valence-electron chi connectivity index (χ2n) is 12.9. The summed E-state index contributed by atoms with van der Waals surface area (Å²) >= 11 is 0. The van der Waals surface area contributed by atoms with Gasteiger partial charge in [-0.3, -0.25) is 0 Å². The second kappa shape index (κ2) is 11.7. The van der Waals surface area contributed by atoms with Gasteiger partial charge in [-0.05, 0) is 82.7 Å². The molecule has 2 aromatic heterocycles. The van der Waals surface area contributed by atoms with Crippen molar-refractivity contribution in [1.82, 2.24) is 24.6 Å². The first-order valence-electron chi connectivity index (χ1n) is 15.2. The number of aryl methyl sites for hydroxylation is 2. The number of fused-ring (bicyclic) bond motifs is 1. The minimum absolute atomic E-state index is 0.0161. The molecule has 6 rings (SSSR count). The Kier molecular flexibility index (Phi) is 7.94. The molecule has 0 bridgehead atoms. The quantitative estimate of drug-likeness (QED) is 0.243. The topological polar surface area (TPSA) is 82.4 Å². The summed E-state index contributed by atoms with van der Waals surface area (Å²) in [6, 6.07) is 16.4. The molecule has 1 saturated heterocycles. The Balaban J connectivity index is 1.18. The predicted molar refractivity (Wildman–Crippen MR) is 163 cm³/mol. The first-order valence-corrected chi connectivity index (χ1v) is 15.2. The number of halogens is 1. The van der Waals surface area contributed by atoms with Crippen LogP contribution in [0.1, 0.15) is 80.1 Å². The van der Waals surface area contributed by atoms with Crippen molar-refractivity contribution in [2.24, 2.45) is 0 Å². The Morgan fingerprint density at radius 1 is 1.07 bits per heavy atom. The van der Waals surface area contributed by atoms with E-state index in [0.29, 0.717) is 37.1 Å². The molecule has 1 amide bonds. The fourth-order valence-corrected chi connectivity index (χ4v) is 6.16. The zero-order valence-electron chi connectivity index (χ0n) is 25.6. The van der Waals surface area contributed by atoms with E-state index in [1.165, 1.54) is 10.5 Å². The number of ether oxygens (including phenoxy) is 2. The van der Waals surface area contributed by atoms with Crippen LogP contribution >= 0.6 is 0 Å². The van der Waals surface area contributed by atoms with E-state index < -0.39 is 17.9 Å². The molecule has 2 aromatic carbocycles. The number of carbonyl (C=O) groups is 1. The van der Waals surface area contributed by atoms with Crippen LogP contribution in [0.4, 0.5) is 9.18 Å². The van der Waals surface area contributed by atoms with Gasteiger partial charge in [0.2, 0.25) is 0 Å². The number of hydrogen-bond acceptors (Lipinski definition) is 6. The number of carbonyl (C=O) groups excluding carboxylic acids is 1. The normalized spacial score (nSPS) is 22.4. The average molecular weight is 586 g/mol. The lowest BCUT2D eigenvalue weighted by molar-refractivity contribution is -0.0215. The summed E-state index contributed by atoms with van der Waals surface area (Å²) in [7, 11) is 0. The number of rotatable bonds is 6. The number of alkyl halides is 1. The Bertz CT molecular complexity index is 1610. The van der Waals surface area contributed by atoms with Crippen molar-refractivity contribution in [1.29, 1.82) is 0 Å². The van der Waals surface area contributed by atoms with Crippen LogP contribution in [-0.2, 0) is 16.1 Å². The highest BCUT2D eigenvalue weighted by Gasteiger charge is 2.36. The fraction of sp³-hybridized carbons (Fsp3) is 0.471. The fourth-order valence-electron chi connectivity index (χ4n) is 6.16. The zero-order valence-corrected chi connectivity index (χ0v) is 25.6. The van der Waals surface area contributed by atoms with Gasteiger partial charge in [0, 0.05) is 35.5 Å². The maximum Gasteiger partial charge on any atom is 0.410 e. The van der Waals surface area contributed by atoms with E-state index >= 15 is 4.39 Å². The molecule has 4 aromatic rings. The van der Waals surface area contributed by atoms with E-state index in [-0.39, 0.29) is 18.6 Å². The Hall–Kier alpha value is -3.85. The minimum Gasteiger partial charge on any atom is -0.444 e. The van der Waals surface area contributed by atoms with Crippen molar-refractivity contribution in [2.75, 3.05) is 13.1 Å². The SMILES string of the molecule is Cc1nc(C2CC(OCc3ccccc3)C2)cc(-n2ncc3cc(C)c([C@H]4CCN(C(=O)OC(C)(C)C)C[C@@H]4F)cc32)n1. The summed E-state index contributed by atoms with van der Waals surface area (Å²) in [4.78, 5) is 23.5. The van der Waals surface area contributed by atoms with E-state index in [2.05, 4.69) is 23.3 Å². The monoisotopic (exact) mass is 585 g/mol. The molecule has 1 aliphatic carbocycles. The summed E-state index contributed by atoms with van der Waals surface area (Å²) < 4.78 is 29.1. The Morgan fingerprint density at radius 3 is 2.56 bits per heavy atom. The van der Waals surface area contributed by atoms with Gasteiger partial charge in [0.05, 0.1) is 31.0 Å². The molecule has 8 nitrogen and oxygen atoms in total. The molecular weight excluding hydrogens is 545 g/mol. The molecule has 2 fully saturated rings. The van der Waals surface area contributed by atoms with Gasteiger partial charge in [-0.1, -0.05) is 30.3 Å². The van der Waals surface area contributed by atoms with Gasteiger partial charge >= 0.3 is 6.09 Å². The van der Waals surface area contributed by atoms with Crippen LogP contribution in [0.2, 0.25) is 0 Å². The first-order chi connectivity index (χ1) is 20.5. The van der Waals surface area contributed by atoms with Gasteiger partial charge in [-0.15, -0.1) is 0 Å². The van der Waals surface area contributed by atoms with Gasteiger partial charge < -0.3 is 14.4 Å². The van der Waals surface area contributed by atoms with Crippen LogP contribution in [0.15, 0.2) is 54.7 Å². The van der Waals surface area contributed by atoms with Crippen LogP contribution in [0, 0.1) is 13.8 Å². The van der Waals surface area contributed by atoms with Crippen molar-refractivity contribution in [2.45, 2.75) is 90.2 Å². The number of amides is 1. The van der Waals surface area contributed by atoms with Crippen molar-refractivity contribution in [3.63, 3.8) is 0 Å². The van der Waals surface area contributed by atoms with Crippen LogP contribution < -0.4 is 0 Å². The van der Waals surface area contributed by atoms with Gasteiger partial charge in [0.25, 0.3) is 0 Å². The smallest absolute Gasteiger partial charge is 0.410 e. The van der Waals surface area contributed by atoms with Crippen LogP contribution in [0.3, 0.4) is 0 Å². The highest BCUT2D eigenvalue weighted by atomic mass is 19.1. The van der Waals surface area contributed by atoms with Gasteiger partial charge in [-0.25, -0.2) is 23.8 Å². The minimum atomic E-state index is -1.20. The van der Waals surface area contributed by atoms with Crippen molar-refractivity contribution < 1.29 is 18.7 Å². The Morgan fingerprint density at radius 2 is 1.84 bits per heavy atom. The van der Waals surface area contributed by atoms with Crippen LogP contribution in [0.25, 0.3) is 16.7 Å². The Labute approximate surface area is 252 Å². The first kappa shape index (κ1) is 29.2. The number of benzene rings is 2. The lowest BCUT2D eigenvalue weighted by atomic mass is 9.80. The predicted octanol–water partition coefficient (Wildman–Crippen LogP) is 6.96. The molecule has 2 aliphatic rings. The average Bonchev–Trinajstić information content (AvgIpc) is 3.34. The molecule has 3 heterocycles. The van der Waals surface area contributed by atoms with Crippen LogP contribution in [-0.4, -0.2) is 61.7 Å². The van der Waals surface area contributed by atoms with E-state index in [0.717, 1.165) is 40.6 Å². The molecule has 0 radical (unpaired) electrons. The molecule has 0 spiro atoms. The number of likely N-dealkylation sites (tertiary alicyclic amines) is 1. The van der Waals surface area contributed by atoms with Gasteiger partial charge in [-0.2, -0.15) is 5.10 Å². The van der Waals surface area contributed by atoms with E-state index in [1.54, 1.807) is 0 Å².